The fourth-order valence-electron chi connectivity index (χ4n) is 3.06. The molecule has 1 N–H and O–H groups in total. The molecule has 1 aromatic carbocycles. The molecule has 1 atom stereocenters. The van der Waals surface area contributed by atoms with Crippen molar-refractivity contribution in [2.75, 3.05) is 20.2 Å². The smallest absolute Gasteiger partial charge is 0.407 e. The molecule has 2 rings (SSSR count). The maximum Gasteiger partial charge on any atom is 0.407 e. The number of carbonyl (C=O) groups excluding carboxylic acids is 1. The van der Waals surface area contributed by atoms with Crippen LogP contribution in [-0.2, 0) is 11.3 Å². The molecule has 0 unspecified atom stereocenters. The van der Waals surface area contributed by atoms with Crippen LogP contribution in [0.3, 0.4) is 0 Å². The molecule has 1 heterocycles. The van der Waals surface area contributed by atoms with E-state index in [4.69, 9.17) is 9.47 Å². The lowest BCUT2D eigenvalue weighted by Crippen LogP contribution is -2.47. The lowest BCUT2D eigenvalue weighted by atomic mass is 10.0. The van der Waals surface area contributed by atoms with Crippen LogP contribution in [0.25, 0.3) is 0 Å². The predicted octanol–water partition coefficient (Wildman–Crippen LogP) is 3.71. The molecule has 0 spiro atoms. The number of alkyl carbamates (subject to hydrolysis) is 1. The number of piperidine rings is 1. The van der Waals surface area contributed by atoms with Crippen LogP contribution in [0.4, 0.5) is 9.18 Å². The van der Waals surface area contributed by atoms with E-state index in [1.165, 1.54) is 13.2 Å². The molecular weight excluding hydrogens is 323 g/mol. The van der Waals surface area contributed by atoms with Crippen LogP contribution in [0.15, 0.2) is 18.2 Å². The standard InChI is InChI=1S/C19H29FN2O3/c1-19(2,3)25-18(23)21-12-15-7-5-6-10-22(15)13-14-8-9-17(24-4)16(20)11-14/h8-9,11,15H,5-7,10,12-13H2,1-4H3,(H,21,23)/t15-/m0/s1. The van der Waals surface area contributed by atoms with Crippen molar-refractivity contribution < 1.29 is 18.7 Å². The Bertz CT molecular complexity index is 587. The van der Waals surface area contributed by atoms with Gasteiger partial charge in [0, 0.05) is 19.1 Å². The molecule has 1 saturated heterocycles. The summed E-state index contributed by atoms with van der Waals surface area (Å²) >= 11 is 0. The van der Waals surface area contributed by atoms with Gasteiger partial charge < -0.3 is 14.8 Å². The van der Waals surface area contributed by atoms with Crippen LogP contribution in [-0.4, -0.2) is 42.8 Å². The predicted molar refractivity (Wildman–Crippen MR) is 95.2 cm³/mol. The number of hydrogen-bond donors (Lipinski definition) is 1. The van der Waals surface area contributed by atoms with Gasteiger partial charge in [-0.2, -0.15) is 0 Å². The van der Waals surface area contributed by atoms with E-state index >= 15 is 0 Å². The lowest BCUT2D eigenvalue weighted by molar-refractivity contribution is 0.0492. The van der Waals surface area contributed by atoms with Crippen LogP contribution < -0.4 is 10.1 Å². The SMILES string of the molecule is COc1ccc(CN2CCCC[C@H]2CNC(=O)OC(C)(C)C)cc1F. The van der Waals surface area contributed by atoms with E-state index < -0.39 is 11.7 Å². The Morgan fingerprint density at radius 2 is 2.12 bits per heavy atom. The van der Waals surface area contributed by atoms with Crippen molar-refractivity contribution in [3.8, 4) is 5.75 Å². The molecule has 0 aliphatic carbocycles. The number of hydrogen-bond acceptors (Lipinski definition) is 4. The Kier molecular flexibility index (Phi) is 6.64. The second-order valence-corrected chi connectivity index (χ2v) is 7.47. The van der Waals surface area contributed by atoms with E-state index in [-0.39, 0.29) is 17.6 Å². The third-order valence-corrected chi connectivity index (χ3v) is 4.23. The topological polar surface area (TPSA) is 50.8 Å². The van der Waals surface area contributed by atoms with Gasteiger partial charge in [-0.3, -0.25) is 4.90 Å². The molecule has 0 bridgehead atoms. The van der Waals surface area contributed by atoms with Gasteiger partial charge in [0.2, 0.25) is 0 Å². The Hall–Kier alpha value is -1.82. The second-order valence-electron chi connectivity index (χ2n) is 7.47. The first kappa shape index (κ1) is 19.5. The monoisotopic (exact) mass is 352 g/mol. The highest BCUT2D eigenvalue weighted by Gasteiger charge is 2.24. The van der Waals surface area contributed by atoms with Crippen molar-refractivity contribution in [1.82, 2.24) is 10.2 Å². The van der Waals surface area contributed by atoms with E-state index in [9.17, 15) is 9.18 Å². The zero-order chi connectivity index (χ0) is 18.4. The van der Waals surface area contributed by atoms with E-state index in [1.807, 2.05) is 26.8 Å². The highest BCUT2D eigenvalue weighted by molar-refractivity contribution is 5.67. The molecule has 5 nitrogen and oxygen atoms in total. The van der Waals surface area contributed by atoms with Gasteiger partial charge in [-0.25, -0.2) is 9.18 Å². The number of carbonyl (C=O) groups is 1. The number of benzene rings is 1. The second kappa shape index (κ2) is 8.52. The zero-order valence-electron chi connectivity index (χ0n) is 15.6. The van der Waals surface area contributed by atoms with Crippen molar-refractivity contribution in [3.05, 3.63) is 29.6 Å². The minimum absolute atomic E-state index is 0.228. The number of nitrogens with zero attached hydrogens (tertiary/aromatic N) is 1. The minimum Gasteiger partial charge on any atom is -0.494 e. The third-order valence-electron chi connectivity index (χ3n) is 4.23. The highest BCUT2D eigenvalue weighted by Crippen LogP contribution is 2.22. The Labute approximate surface area is 149 Å². The fraction of sp³-hybridized carbons (Fsp3) is 0.632. The van der Waals surface area contributed by atoms with Gasteiger partial charge in [0.1, 0.15) is 5.60 Å². The van der Waals surface area contributed by atoms with Gasteiger partial charge in [-0.15, -0.1) is 0 Å². The molecule has 1 aromatic rings. The van der Waals surface area contributed by atoms with Crippen molar-refractivity contribution in [2.24, 2.45) is 0 Å². The van der Waals surface area contributed by atoms with Crippen molar-refractivity contribution in [3.63, 3.8) is 0 Å². The van der Waals surface area contributed by atoms with Crippen LogP contribution in [0.2, 0.25) is 0 Å². The quantitative estimate of drug-likeness (QED) is 0.878. The van der Waals surface area contributed by atoms with Gasteiger partial charge >= 0.3 is 6.09 Å². The van der Waals surface area contributed by atoms with Gasteiger partial charge in [-0.05, 0) is 57.9 Å². The molecule has 140 valence electrons. The lowest BCUT2D eigenvalue weighted by Gasteiger charge is -2.36. The normalized spacial score (nSPS) is 18.7. The summed E-state index contributed by atoms with van der Waals surface area (Å²) in [5, 5.41) is 2.86. The van der Waals surface area contributed by atoms with Crippen LogP contribution in [0.5, 0.6) is 5.75 Å². The molecule has 0 saturated carbocycles. The Balaban J connectivity index is 1.93. The van der Waals surface area contributed by atoms with Gasteiger partial charge in [-0.1, -0.05) is 12.5 Å². The number of amides is 1. The van der Waals surface area contributed by atoms with E-state index in [1.54, 1.807) is 6.07 Å². The van der Waals surface area contributed by atoms with E-state index in [2.05, 4.69) is 10.2 Å². The number of rotatable bonds is 5. The number of ether oxygens (including phenoxy) is 2. The average molecular weight is 352 g/mol. The van der Waals surface area contributed by atoms with E-state index in [0.29, 0.717) is 13.1 Å². The molecule has 25 heavy (non-hydrogen) atoms. The van der Waals surface area contributed by atoms with Crippen LogP contribution in [0.1, 0.15) is 45.6 Å². The van der Waals surface area contributed by atoms with Gasteiger partial charge in [0.15, 0.2) is 11.6 Å². The summed E-state index contributed by atoms with van der Waals surface area (Å²) in [5.74, 6) is -0.0917. The largest absolute Gasteiger partial charge is 0.494 e. The number of nitrogens with one attached hydrogen (secondary N) is 1. The van der Waals surface area contributed by atoms with Gasteiger partial charge in [0.05, 0.1) is 7.11 Å². The first-order valence-electron chi connectivity index (χ1n) is 8.82. The number of halogens is 1. The minimum atomic E-state index is -0.503. The average Bonchev–Trinajstić information content (AvgIpc) is 2.52. The van der Waals surface area contributed by atoms with Gasteiger partial charge in [0.25, 0.3) is 0 Å². The number of likely N-dealkylation sites (tertiary alicyclic amines) is 1. The summed E-state index contributed by atoms with van der Waals surface area (Å²) in [5.41, 5.74) is 0.402. The molecule has 1 aliphatic rings. The molecule has 0 radical (unpaired) electrons. The zero-order valence-corrected chi connectivity index (χ0v) is 15.6. The summed E-state index contributed by atoms with van der Waals surface area (Å²) in [6.45, 7) is 7.66. The van der Waals surface area contributed by atoms with Crippen LogP contribution >= 0.6 is 0 Å². The first-order chi connectivity index (χ1) is 11.8. The molecule has 1 amide bonds. The maximum atomic E-state index is 13.9. The molecule has 0 aromatic heterocycles. The molecule has 1 aliphatic heterocycles. The summed E-state index contributed by atoms with van der Waals surface area (Å²) in [7, 11) is 1.46. The third kappa shape index (κ3) is 6.20. The fourth-order valence-corrected chi connectivity index (χ4v) is 3.06. The van der Waals surface area contributed by atoms with Crippen molar-refractivity contribution in [1.29, 1.82) is 0 Å². The Morgan fingerprint density at radius 3 is 2.76 bits per heavy atom. The first-order valence-corrected chi connectivity index (χ1v) is 8.82. The molecular formula is C19H29FN2O3. The maximum absolute atomic E-state index is 13.9. The Morgan fingerprint density at radius 1 is 1.36 bits per heavy atom. The summed E-state index contributed by atoms with van der Waals surface area (Å²) in [6.07, 6.45) is 2.86. The summed E-state index contributed by atoms with van der Waals surface area (Å²) in [4.78, 5) is 14.2. The van der Waals surface area contributed by atoms with Crippen molar-refractivity contribution >= 4 is 6.09 Å². The molecule has 1 fully saturated rings. The summed E-state index contributed by atoms with van der Waals surface area (Å²) < 4.78 is 24.2. The summed E-state index contributed by atoms with van der Waals surface area (Å²) in [6, 6.07) is 5.29. The van der Waals surface area contributed by atoms with Crippen molar-refractivity contribution in [2.45, 2.75) is 58.2 Å². The van der Waals surface area contributed by atoms with Crippen LogP contribution in [0, 0.1) is 5.82 Å². The molecule has 6 heteroatoms. The highest BCUT2D eigenvalue weighted by atomic mass is 19.1. The van der Waals surface area contributed by atoms with E-state index in [0.717, 1.165) is 31.4 Å². The number of methoxy groups -OCH3 is 1.